The molecule has 1 rings (SSSR count). The lowest BCUT2D eigenvalue weighted by molar-refractivity contribution is 0.234. The van der Waals surface area contributed by atoms with Gasteiger partial charge in [-0.25, -0.2) is 0 Å². The van der Waals surface area contributed by atoms with Crippen LogP contribution in [-0.2, 0) is 0 Å². The SMILES string of the molecule is CCNCC1CCCN1CCCN(C)C. The second-order valence-electron chi connectivity index (χ2n) is 4.80. The number of hydrogen-bond donors (Lipinski definition) is 1. The molecular weight excluding hydrogens is 186 g/mol. The predicted molar refractivity (Wildman–Crippen MR) is 66.3 cm³/mol. The lowest BCUT2D eigenvalue weighted by atomic mass is 10.2. The van der Waals surface area contributed by atoms with E-state index in [-0.39, 0.29) is 0 Å². The number of likely N-dealkylation sites (tertiary alicyclic amines) is 1. The summed E-state index contributed by atoms with van der Waals surface area (Å²) >= 11 is 0. The molecule has 0 aromatic rings. The van der Waals surface area contributed by atoms with Crippen molar-refractivity contribution in [3.8, 4) is 0 Å². The van der Waals surface area contributed by atoms with Gasteiger partial charge in [-0.15, -0.1) is 0 Å². The predicted octanol–water partition coefficient (Wildman–Crippen LogP) is 1.01. The maximum absolute atomic E-state index is 3.47. The normalized spacial score (nSPS) is 22.8. The Morgan fingerprint density at radius 1 is 1.40 bits per heavy atom. The Labute approximate surface area is 94.8 Å². The van der Waals surface area contributed by atoms with Crippen molar-refractivity contribution in [1.29, 1.82) is 0 Å². The highest BCUT2D eigenvalue weighted by Gasteiger charge is 2.22. The molecule has 0 spiro atoms. The smallest absolute Gasteiger partial charge is 0.0221 e. The van der Waals surface area contributed by atoms with E-state index >= 15 is 0 Å². The van der Waals surface area contributed by atoms with Crippen molar-refractivity contribution in [3.05, 3.63) is 0 Å². The van der Waals surface area contributed by atoms with Crippen LogP contribution >= 0.6 is 0 Å². The molecule has 0 saturated carbocycles. The van der Waals surface area contributed by atoms with Crippen LogP contribution < -0.4 is 5.32 Å². The highest BCUT2D eigenvalue weighted by Crippen LogP contribution is 2.16. The van der Waals surface area contributed by atoms with Gasteiger partial charge in [0.25, 0.3) is 0 Å². The van der Waals surface area contributed by atoms with Gasteiger partial charge in [0.2, 0.25) is 0 Å². The molecule has 90 valence electrons. The summed E-state index contributed by atoms with van der Waals surface area (Å²) in [6.45, 7) is 8.26. The van der Waals surface area contributed by atoms with Gasteiger partial charge >= 0.3 is 0 Å². The van der Waals surface area contributed by atoms with Crippen LogP contribution in [-0.4, -0.2) is 62.7 Å². The van der Waals surface area contributed by atoms with Crippen molar-refractivity contribution < 1.29 is 0 Å². The molecule has 1 unspecified atom stereocenters. The highest BCUT2D eigenvalue weighted by molar-refractivity contribution is 4.80. The fourth-order valence-electron chi connectivity index (χ4n) is 2.32. The Morgan fingerprint density at radius 2 is 2.20 bits per heavy atom. The van der Waals surface area contributed by atoms with E-state index in [1.54, 1.807) is 0 Å². The highest BCUT2D eigenvalue weighted by atomic mass is 15.2. The minimum absolute atomic E-state index is 0.798. The molecule has 3 heteroatoms. The number of nitrogens with zero attached hydrogens (tertiary/aromatic N) is 2. The molecule has 1 N–H and O–H groups in total. The van der Waals surface area contributed by atoms with Crippen molar-refractivity contribution in [2.75, 3.05) is 46.8 Å². The van der Waals surface area contributed by atoms with E-state index in [0.29, 0.717) is 0 Å². The Kier molecular flexibility index (Phi) is 6.22. The van der Waals surface area contributed by atoms with Crippen LogP contribution in [0.1, 0.15) is 26.2 Å². The molecule has 0 aliphatic carbocycles. The fourth-order valence-corrected chi connectivity index (χ4v) is 2.32. The van der Waals surface area contributed by atoms with E-state index < -0.39 is 0 Å². The summed E-state index contributed by atoms with van der Waals surface area (Å²) < 4.78 is 0. The van der Waals surface area contributed by atoms with E-state index in [4.69, 9.17) is 0 Å². The number of likely N-dealkylation sites (N-methyl/N-ethyl adjacent to an activating group) is 1. The third-order valence-electron chi connectivity index (χ3n) is 3.18. The lowest BCUT2D eigenvalue weighted by Crippen LogP contribution is -2.39. The molecule has 15 heavy (non-hydrogen) atoms. The zero-order valence-electron chi connectivity index (χ0n) is 10.6. The van der Waals surface area contributed by atoms with Gasteiger partial charge in [0.15, 0.2) is 0 Å². The molecule has 0 amide bonds. The van der Waals surface area contributed by atoms with Crippen LogP contribution in [0.15, 0.2) is 0 Å². The second kappa shape index (κ2) is 7.20. The molecule has 1 aliphatic rings. The van der Waals surface area contributed by atoms with Gasteiger partial charge in [0.1, 0.15) is 0 Å². The zero-order chi connectivity index (χ0) is 11.1. The van der Waals surface area contributed by atoms with E-state index in [2.05, 4.69) is 36.1 Å². The molecule has 1 fully saturated rings. The molecular formula is C12H27N3. The summed E-state index contributed by atoms with van der Waals surface area (Å²) in [5.41, 5.74) is 0. The first kappa shape index (κ1) is 12.9. The Hall–Kier alpha value is -0.120. The van der Waals surface area contributed by atoms with Gasteiger partial charge in [0.05, 0.1) is 0 Å². The van der Waals surface area contributed by atoms with Gasteiger partial charge in [0, 0.05) is 12.6 Å². The maximum atomic E-state index is 3.47. The first-order valence-corrected chi connectivity index (χ1v) is 6.33. The summed E-state index contributed by atoms with van der Waals surface area (Å²) in [5, 5.41) is 3.47. The summed E-state index contributed by atoms with van der Waals surface area (Å²) in [4.78, 5) is 4.93. The standard InChI is InChI=1S/C12H27N3/c1-4-13-11-12-7-5-9-15(12)10-6-8-14(2)3/h12-13H,4-11H2,1-3H3. The van der Waals surface area contributed by atoms with Crippen LogP contribution in [0, 0.1) is 0 Å². The van der Waals surface area contributed by atoms with E-state index in [1.807, 2.05) is 0 Å². The van der Waals surface area contributed by atoms with Gasteiger partial charge < -0.3 is 10.2 Å². The van der Waals surface area contributed by atoms with Crippen molar-refractivity contribution in [2.24, 2.45) is 0 Å². The van der Waals surface area contributed by atoms with E-state index in [1.165, 1.54) is 45.4 Å². The molecule has 0 radical (unpaired) electrons. The van der Waals surface area contributed by atoms with Gasteiger partial charge in [-0.05, 0) is 59.5 Å². The Morgan fingerprint density at radius 3 is 2.87 bits per heavy atom. The van der Waals surface area contributed by atoms with Gasteiger partial charge in [-0.1, -0.05) is 6.92 Å². The van der Waals surface area contributed by atoms with Crippen LogP contribution in [0.4, 0.5) is 0 Å². The van der Waals surface area contributed by atoms with Crippen LogP contribution in [0.5, 0.6) is 0 Å². The first-order chi connectivity index (χ1) is 7.24. The van der Waals surface area contributed by atoms with E-state index in [9.17, 15) is 0 Å². The Bertz CT molecular complexity index is 159. The molecule has 0 aromatic carbocycles. The third kappa shape index (κ3) is 4.96. The van der Waals surface area contributed by atoms with Crippen molar-refractivity contribution >= 4 is 0 Å². The molecule has 0 aromatic heterocycles. The average molecular weight is 213 g/mol. The topological polar surface area (TPSA) is 18.5 Å². The van der Waals surface area contributed by atoms with Gasteiger partial charge in [-0.3, -0.25) is 4.90 Å². The minimum Gasteiger partial charge on any atom is -0.315 e. The van der Waals surface area contributed by atoms with Crippen molar-refractivity contribution in [3.63, 3.8) is 0 Å². The summed E-state index contributed by atoms with van der Waals surface area (Å²) in [6, 6.07) is 0.798. The number of hydrogen-bond acceptors (Lipinski definition) is 3. The van der Waals surface area contributed by atoms with E-state index in [0.717, 1.165) is 12.6 Å². The molecule has 1 saturated heterocycles. The summed E-state index contributed by atoms with van der Waals surface area (Å²) in [7, 11) is 4.31. The van der Waals surface area contributed by atoms with Crippen molar-refractivity contribution in [2.45, 2.75) is 32.2 Å². The number of rotatable bonds is 7. The largest absolute Gasteiger partial charge is 0.315 e. The maximum Gasteiger partial charge on any atom is 0.0221 e. The number of nitrogens with one attached hydrogen (secondary N) is 1. The van der Waals surface area contributed by atoms with Crippen molar-refractivity contribution in [1.82, 2.24) is 15.1 Å². The summed E-state index contributed by atoms with van der Waals surface area (Å²) in [6.07, 6.45) is 4.07. The molecule has 0 bridgehead atoms. The van der Waals surface area contributed by atoms with Crippen LogP contribution in [0.3, 0.4) is 0 Å². The van der Waals surface area contributed by atoms with Crippen LogP contribution in [0.25, 0.3) is 0 Å². The minimum atomic E-state index is 0.798. The quantitative estimate of drug-likeness (QED) is 0.681. The van der Waals surface area contributed by atoms with Crippen LogP contribution in [0.2, 0.25) is 0 Å². The zero-order valence-corrected chi connectivity index (χ0v) is 10.6. The molecule has 1 aliphatic heterocycles. The monoisotopic (exact) mass is 213 g/mol. The van der Waals surface area contributed by atoms with Gasteiger partial charge in [-0.2, -0.15) is 0 Å². The molecule has 1 heterocycles. The second-order valence-corrected chi connectivity index (χ2v) is 4.80. The Balaban J connectivity index is 2.15. The summed E-state index contributed by atoms with van der Waals surface area (Å²) in [5.74, 6) is 0. The lowest BCUT2D eigenvalue weighted by Gasteiger charge is -2.25. The third-order valence-corrected chi connectivity index (χ3v) is 3.18. The molecule has 3 nitrogen and oxygen atoms in total. The fraction of sp³-hybridized carbons (Fsp3) is 1.00. The first-order valence-electron chi connectivity index (χ1n) is 6.33. The molecule has 1 atom stereocenters. The average Bonchev–Trinajstić information content (AvgIpc) is 2.62.